The molecule has 9 heteroatoms. The van der Waals surface area contributed by atoms with E-state index in [9.17, 15) is 4.79 Å². The zero-order valence-electron chi connectivity index (χ0n) is 21.0. The van der Waals surface area contributed by atoms with Crippen LogP contribution < -0.4 is 10.5 Å². The molecule has 4 aromatic rings. The predicted octanol–water partition coefficient (Wildman–Crippen LogP) is 4.31. The summed E-state index contributed by atoms with van der Waals surface area (Å²) in [5.74, 6) is 0. The smallest absolute Gasteiger partial charge is 0.255 e. The van der Waals surface area contributed by atoms with Crippen molar-refractivity contribution in [3.63, 3.8) is 0 Å². The van der Waals surface area contributed by atoms with E-state index < -0.39 is 0 Å². The van der Waals surface area contributed by atoms with Crippen molar-refractivity contribution in [2.24, 2.45) is 0 Å². The topological polar surface area (TPSA) is 75.6 Å². The van der Waals surface area contributed by atoms with Crippen LogP contribution in [0.1, 0.15) is 5.56 Å². The van der Waals surface area contributed by atoms with E-state index in [-0.39, 0.29) is 5.56 Å². The van der Waals surface area contributed by atoms with Gasteiger partial charge in [-0.15, -0.1) is 0 Å². The summed E-state index contributed by atoms with van der Waals surface area (Å²) >= 11 is 6.29. The fraction of sp³-hybridized carbons (Fsp3) is 0.286. The fourth-order valence-electron chi connectivity index (χ4n) is 4.50. The number of aromatic nitrogens is 3. The Morgan fingerprint density at radius 1 is 1.24 bits per heavy atom. The number of nitrogens with one attached hydrogen (secondary N) is 1. The van der Waals surface area contributed by atoms with Crippen molar-refractivity contribution in [2.75, 3.05) is 58.5 Å². The van der Waals surface area contributed by atoms with Gasteiger partial charge in [0.1, 0.15) is 5.65 Å². The van der Waals surface area contributed by atoms with Gasteiger partial charge in [0.2, 0.25) is 0 Å². The molecule has 8 nitrogen and oxygen atoms in total. The number of H-pyrrole nitrogens is 1. The fourth-order valence-corrected chi connectivity index (χ4v) is 4.69. The van der Waals surface area contributed by atoms with Crippen molar-refractivity contribution >= 4 is 34.0 Å². The number of rotatable bonds is 8. The van der Waals surface area contributed by atoms with E-state index in [1.807, 2.05) is 67.1 Å². The first-order valence-corrected chi connectivity index (χ1v) is 12.6. The van der Waals surface area contributed by atoms with Gasteiger partial charge in [0.15, 0.2) is 0 Å². The maximum Gasteiger partial charge on any atom is 0.255 e. The van der Waals surface area contributed by atoms with Gasteiger partial charge in [-0.2, -0.15) is 0 Å². The summed E-state index contributed by atoms with van der Waals surface area (Å²) in [6.07, 6.45) is 7.54. The van der Waals surface area contributed by atoms with Gasteiger partial charge in [0.25, 0.3) is 5.56 Å². The van der Waals surface area contributed by atoms with Crippen LogP contribution >= 0.6 is 11.6 Å². The quantitative estimate of drug-likeness (QED) is 0.374. The lowest BCUT2D eigenvalue weighted by Crippen LogP contribution is -2.36. The van der Waals surface area contributed by atoms with Crippen LogP contribution in [0.25, 0.3) is 27.9 Å². The van der Waals surface area contributed by atoms with Gasteiger partial charge in [-0.25, -0.2) is 4.98 Å². The number of nitrogens with zero attached hydrogens (tertiary/aromatic N) is 4. The zero-order chi connectivity index (χ0) is 25.8. The Bertz CT molecular complexity index is 1470. The Hall–Kier alpha value is -3.59. The Labute approximate surface area is 220 Å². The highest BCUT2D eigenvalue weighted by atomic mass is 35.5. The molecular formula is C28H30ClN5O3. The number of methoxy groups -OCH3 is 1. The minimum Gasteiger partial charge on any atom is -0.383 e. The molecule has 0 atom stereocenters. The van der Waals surface area contributed by atoms with Crippen molar-refractivity contribution in [3.8, 4) is 11.1 Å². The number of aromatic amines is 1. The number of benzene rings is 1. The Balaban J connectivity index is 1.53. The lowest BCUT2D eigenvalue weighted by Gasteiger charge is -2.28. The van der Waals surface area contributed by atoms with Crippen LogP contribution in [0.4, 0.5) is 5.69 Å². The van der Waals surface area contributed by atoms with Crippen molar-refractivity contribution in [1.29, 1.82) is 0 Å². The number of pyridine rings is 2. The molecule has 3 aromatic heterocycles. The van der Waals surface area contributed by atoms with Gasteiger partial charge in [0, 0.05) is 80.0 Å². The van der Waals surface area contributed by atoms with E-state index in [4.69, 9.17) is 21.1 Å². The van der Waals surface area contributed by atoms with Crippen LogP contribution in [-0.2, 0) is 9.47 Å². The van der Waals surface area contributed by atoms with Crippen molar-refractivity contribution in [3.05, 3.63) is 88.2 Å². The molecule has 37 heavy (non-hydrogen) atoms. The van der Waals surface area contributed by atoms with E-state index >= 15 is 0 Å². The number of hydrogen-bond acceptors (Lipinski definition) is 6. The van der Waals surface area contributed by atoms with Crippen LogP contribution in [0.2, 0.25) is 5.02 Å². The van der Waals surface area contributed by atoms with Crippen molar-refractivity contribution < 1.29 is 9.47 Å². The third kappa shape index (κ3) is 5.56. The van der Waals surface area contributed by atoms with E-state index in [0.29, 0.717) is 31.4 Å². The third-order valence-electron chi connectivity index (χ3n) is 6.49. The van der Waals surface area contributed by atoms with Gasteiger partial charge in [-0.1, -0.05) is 23.7 Å². The Morgan fingerprint density at radius 3 is 2.84 bits per heavy atom. The Morgan fingerprint density at radius 2 is 2.08 bits per heavy atom. The SMILES string of the molecule is COCCN(C)/C=C(\c1cccc(Cl)c1)n1ccc(-c2c[nH]c3ncc(N4CCOCC4)cc23)cc1=O. The minimum absolute atomic E-state index is 0.143. The number of morpholine rings is 1. The molecule has 0 spiro atoms. The highest BCUT2D eigenvalue weighted by molar-refractivity contribution is 6.30. The second-order valence-corrected chi connectivity index (χ2v) is 9.45. The maximum atomic E-state index is 13.5. The van der Waals surface area contributed by atoms with E-state index in [1.54, 1.807) is 17.7 Å². The van der Waals surface area contributed by atoms with Crippen LogP contribution in [0, 0.1) is 0 Å². The second-order valence-electron chi connectivity index (χ2n) is 9.01. The van der Waals surface area contributed by atoms with Crippen molar-refractivity contribution in [1.82, 2.24) is 19.4 Å². The minimum atomic E-state index is -0.143. The summed E-state index contributed by atoms with van der Waals surface area (Å²) in [5, 5.41) is 1.58. The van der Waals surface area contributed by atoms with Gasteiger partial charge in [-0.3, -0.25) is 9.36 Å². The van der Waals surface area contributed by atoms with Gasteiger partial charge in [-0.05, 0) is 29.8 Å². The molecule has 1 aliphatic rings. The average molecular weight is 520 g/mol. The zero-order valence-corrected chi connectivity index (χ0v) is 21.7. The molecule has 192 valence electrons. The van der Waals surface area contributed by atoms with Crippen LogP contribution in [0.5, 0.6) is 0 Å². The number of ether oxygens (including phenoxy) is 2. The largest absolute Gasteiger partial charge is 0.383 e. The highest BCUT2D eigenvalue weighted by Gasteiger charge is 2.16. The summed E-state index contributed by atoms with van der Waals surface area (Å²) in [7, 11) is 3.62. The maximum absolute atomic E-state index is 13.5. The summed E-state index contributed by atoms with van der Waals surface area (Å²) in [6.45, 7) is 4.34. The number of anilines is 1. The first-order valence-electron chi connectivity index (χ1n) is 12.2. The van der Waals surface area contributed by atoms with Crippen molar-refractivity contribution in [2.45, 2.75) is 0 Å². The molecule has 0 saturated carbocycles. The lowest BCUT2D eigenvalue weighted by molar-refractivity contribution is 0.122. The normalized spacial score (nSPS) is 14.4. The van der Waals surface area contributed by atoms with Gasteiger partial charge in [0.05, 0.1) is 37.4 Å². The average Bonchev–Trinajstić information content (AvgIpc) is 3.34. The summed E-state index contributed by atoms with van der Waals surface area (Å²) in [6, 6.07) is 13.3. The number of likely N-dealkylation sites (N-methyl/N-ethyl adjacent to an activating group) is 1. The molecule has 0 bridgehead atoms. The highest BCUT2D eigenvalue weighted by Crippen LogP contribution is 2.30. The molecule has 5 rings (SSSR count). The molecule has 0 radical (unpaired) electrons. The molecular weight excluding hydrogens is 490 g/mol. The summed E-state index contributed by atoms with van der Waals surface area (Å²) < 4.78 is 12.3. The predicted molar refractivity (Wildman–Crippen MR) is 148 cm³/mol. The monoisotopic (exact) mass is 519 g/mol. The summed E-state index contributed by atoms with van der Waals surface area (Å²) in [5.41, 5.74) is 5.03. The summed E-state index contributed by atoms with van der Waals surface area (Å²) in [4.78, 5) is 25.6. The van der Waals surface area contributed by atoms with E-state index in [2.05, 4.69) is 20.9 Å². The van der Waals surface area contributed by atoms with Crippen LogP contribution in [0.15, 0.2) is 72.0 Å². The molecule has 0 unspecified atom stereocenters. The molecule has 1 aliphatic heterocycles. The first kappa shape index (κ1) is 25.1. The molecule has 1 N–H and O–H groups in total. The molecule has 4 heterocycles. The number of hydrogen-bond donors (Lipinski definition) is 1. The standard InChI is InChI=1S/C28H30ClN5O3/c1-32(8-11-36-2)19-26(21-4-3-5-22(29)14-21)34-7-6-20(15-27(34)35)25-18-31-28-24(25)16-23(17-30-28)33-9-12-37-13-10-33/h3-7,14-19H,8-13H2,1-2H3,(H,30,31)/b26-19+. The molecule has 1 aromatic carbocycles. The van der Waals surface area contributed by atoms with E-state index in [1.165, 1.54) is 0 Å². The number of halogens is 1. The molecule has 0 aliphatic carbocycles. The van der Waals surface area contributed by atoms with Crippen LogP contribution in [-0.4, -0.2) is 73.0 Å². The molecule has 1 saturated heterocycles. The first-order chi connectivity index (χ1) is 18.0. The lowest BCUT2D eigenvalue weighted by atomic mass is 10.1. The molecule has 1 fully saturated rings. The van der Waals surface area contributed by atoms with E-state index in [0.717, 1.165) is 52.2 Å². The Kier molecular flexibility index (Phi) is 7.60. The van der Waals surface area contributed by atoms with Crippen LogP contribution in [0.3, 0.4) is 0 Å². The van der Waals surface area contributed by atoms with Gasteiger partial charge >= 0.3 is 0 Å². The molecule has 0 amide bonds. The second kappa shape index (κ2) is 11.2. The third-order valence-corrected chi connectivity index (χ3v) is 6.73. The van der Waals surface area contributed by atoms with Gasteiger partial charge < -0.3 is 24.3 Å². The number of fused-ring (bicyclic) bond motifs is 1.